The van der Waals surface area contributed by atoms with E-state index in [-0.39, 0.29) is 42.2 Å². The molecule has 2 aromatic heterocycles. The number of nitrogens with zero attached hydrogens (tertiary/aromatic N) is 6. The number of benzene rings is 1. The molecule has 1 amide bonds. The van der Waals surface area contributed by atoms with Crippen LogP contribution in [0.3, 0.4) is 0 Å². The molecule has 6 heterocycles. The molecule has 4 saturated heterocycles. The molecule has 0 saturated carbocycles. The van der Waals surface area contributed by atoms with Crippen LogP contribution in [0.15, 0.2) is 43.2 Å². The van der Waals surface area contributed by atoms with E-state index in [4.69, 9.17) is 19.4 Å². The highest BCUT2D eigenvalue weighted by molar-refractivity contribution is 7.90. The summed E-state index contributed by atoms with van der Waals surface area (Å²) in [5.41, 5.74) is 2.47. The highest BCUT2D eigenvalue weighted by atomic mass is 32.2. The van der Waals surface area contributed by atoms with E-state index >= 15 is 4.39 Å². The van der Waals surface area contributed by atoms with E-state index in [1.165, 1.54) is 12.3 Å². The molecule has 4 fully saturated rings. The molecule has 15 heteroatoms. The third-order valence-electron chi connectivity index (χ3n) is 11.7. The monoisotopic (exact) mass is 778 g/mol. The number of hydrogen-bond acceptors (Lipinski definition) is 12. The largest absolute Gasteiger partial charge is 0.381 e. The van der Waals surface area contributed by atoms with Gasteiger partial charge in [-0.2, -0.15) is 4.98 Å². The predicted octanol–water partition coefficient (Wildman–Crippen LogP) is 5.46. The number of sulfone groups is 1. The molecule has 2 N–H and O–H groups in total. The maximum atomic E-state index is 15.6. The lowest BCUT2D eigenvalue weighted by Crippen LogP contribution is -2.57. The summed E-state index contributed by atoms with van der Waals surface area (Å²) in [6.07, 6.45) is 9.06. The summed E-state index contributed by atoms with van der Waals surface area (Å²) >= 11 is 0. The van der Waals surface area contributed by atoms with Gasteiger partial charge in [-0.15, -0.1) is 0 Å². The van der Waals surface area contributed by atoms with Gasteiger partial charge in [-0.1, -0.05) is 20.4 Å². The molecule has 0 unspecified atom stereocenters. The van der Waals surface area contributed by atoms with E-state index in [2.05, 4.69) is 45.8 Å². The summed E-state index contributed by atoms with van der Waals surface area (Å²) in [4.78, 5) is 33.2. The molecule has 13 nitrogen and oxygen atoms in total. The predicted molar refractivity (Wildman–Crippen MR) is 215 cm³/mol. The summed E-state index contributed by atoms with van der Waals surface area (Å²) in [6, 6.07) is 6.23. The van der Waals surface area contributed by atoms with Gasteiger partial charge in [0.2, 0.25) is 11.9 Å². The SMILES string of the molecule is C=CC(=O)Nc1cc(N2C[C@H](CS(C)(=O)=O)[C@H]2C)c2cnc(Nc3ccnc(N4CC[C@@H](OC5CCN(C6CCOCC6)CC5)[C@@H](F)C4)n3)cc2c1C(C)C. The normalized spacial score (nSPS) is 24.5. The van der Waals surface area contributed by atoms with Gasteiger partial charge in [-0.3, -0.25) is 4.79 Å². The summed E-state index contributed by atoms with van der Waals surface area (Å²) in [5.74, 6) is 1.33. The number of anilines is 5. The quantitative estimate of drug-likeness (QED) is 0.226. The molecule has 4 atom stereocenters. The number of aromatic nitrogens is 3. The summed E-state index contributed by atoms with van der Waals surface area (Å²) < 4.78 is 51.7. The fourth-order valence-electron chi connectivity index (χ4n) is 8.72. The van der Waals surface area contributed by atoms with Crippen molar-refractivity contribution in [1.29, 1.82) is 0 Å². The zero-order valence-corrected chi connectivity index (χ0v) is 33.2. The van der Waals surface area contributed by atoms with E-state index < -0.39 is 22.1 Å². The van der Waals surface area contributed by atoms with Gasteiger partial charge in [-0.05, 0) is 80.2 Å². The lowest BCUT2D eigenvalue weighted by Gasteiger charge is -2.48. The third-order valence-corrected chi connectivity index (χ3v) is 12.7. The van der Waals surface area contributed by atoms with Gasteiger partial charge < -0.3 is 34.8 Å². The van der Waals surface area contributed by atoms with Crippen LogP contribution in [0.5, 0.6) is 0 Å². The van der Waals surface area contributed by atoms with Crippen LogP contribution in [0, 0.1) is 5.92 Å². The van der Waals surface area contributed by atoms with Crippen molar-refractivity contribution in [3.8, 4) is 0 Å². The summed E-state index contributed by atoms with van der Waals surface area (Å²) in [7, 11) is -3.13. The Kier molecular flexibility index (Phi) is 11.9. The number of amides is 1. The molecule has 4 aliphatic rings. The third kappa shape index (κ3) is 9.05. The molecule has 1 aromatic carbocycles. The molecular formula is C40H55FN8O5S. The molecule has 0 bridgehead atoms. The van der Waals surface area contributed by atoms with Crippen LogP contribution in [-0.4, -0.2) is 123 Å². The van der Waals surface area contributed by atoms with Crippen LogP contribution in [-0.2, 0) is 24.1 Å². The number of hydrogen-bond donors (Lipinski definition) is 2. The van der Waals surface area contributed by atoms with Crippen molar-refractivity contribution in [2.75, 3.05) is 78.4 Å². The Hall–Kier alpha value is -3.92. The van der Waals surface area contributed by atoms with Crippen LogP contribution >= 0.6 is 0 Å². The van der Waals surface area contributed by atoms with Crippen LogP contribution < -0.4 is 20.4 Å². The van der Waals surface area contributed by atoms with Crippen molar-refractivity contribution >= 4 is 55.5 Å². The first-order chi connectivity index (χ1) is 26.4. The zero-order valence-electron chi connectivity index (χ0n) is 32.4. The number of nitrogens with one attached hydrogen (secondary N) is 2. The minimum absolute atomic E-state index is 0.00138. The molecule has 7 rings (SSSR count). The van der Waals surface area contributed by atoms with Crippen LogP contribution in [0.2, 0.25) is 0 Å². The molecule has 4 aliphatic heterocycles. The number of likely N-dealkylation sites (tertiary alicyclic amines) is 1. The number of carbonyl (C=O) groups excluding carboxylic acids is 1. The number of pyridine rings is 1. The highest BCUT2D eigenvalue weighted by Gasteiger charge is 2.39. The zero-order chi connectivity index (χ0) is 38.9. The standard InChI is InChI=1S/C40H55FN8O5S/c1-6-38(50)44-33-20-34(49-22-27(26(49)4)24-55(5,51)52)31-21-43-37(19-30(31)39(33)25(2)3)45-36-7-13-42-40(46-36)48-16-10-35(32(41)23-48)54-29-8-14-47(15-9-29)28-11-17-53-18-12-28/h6-7,13,19-21,25-29,32,35H,1,8-12,14-18,22-24H2,2-5H3,(H,44,50)(H,42,43,45,46)/t26-,27-,32+,35-/m1/s1. The number of ether oxygens (including phenoxy) is 2. The van der Waals surface area contributed by atoms with Gasteiger partial charge >= 0.3 is 0 Å². The number of carbonyl (C=O) groups is 1. The Morgan fingerprint density at radius 2 is 1.84 bits per heavy atom. The van der Waals surface area contributed by atoms with E-state index in [1.54, 1.807) is 12.3 Å². The highest BCUT2D eigenvalue weighted by Crippen LogP contribution is 2.43. The van der Waals surface area contributed by atoms with Crippen molar-refractivity contribution in [2.24, 2.45) is 5.92 Å². The molecule has 55 heavy (non-hydrogen) atoms. The van der Waals surface area contributed by atoms with E-state index in [1.807, 2.05) is 30.2 Å². The Morgan fingerprint density at radius 3 is 2.51 bits per heavy atom. The van der Waals surface area contributed by atoms with Gasteiger partial charge in [0.15, 0.2) is 0 Å². The molecular weight excluding hydrogens is 724 g/mol. The Balaban J connectivity index is 1.05. The Morgan fingerprint density at radius 1 is 1.07 bits per heavy atom. The molecule has 0 radical (unpaired) electrons. The van der Waals surface area contributed by atoms with Crippen molar-refractivity contribution in [1.82, 2.24) is 19.9 Å². The second-order valence-electron chi connectivity index (χ2n) is 15.9. The second kappa shape index (κ2) is 16.7. The van der Waals surface area contributed by atoms with Gasteiger partial charge in [0.25, 0.3) is 0 Å². The van der Waals surface area contributed by atoms with Crippen LogP contribution in [0.25, 0.3) is 10.8 Å². The maximum absolute atomic E-state index is 15.6. The fraction of sp³-hybridized carbons (Fsp3) is 0.600. The van der Waals surface area contributed by atoms with Gasteiger partial charge in [0, 0.05) is 92.8 Å². The topological polar surface area (TPSA) is 142 Å². The fourth-order valence-corrected chi connectivity index (χ4v) is 9.88. The van der Waals surface area contributed by atoms with E-state index in [0.717, 1.165) is 74.0 Å². The summed E-state index contributed by atoms with van der Waals surface area (Å²) in [5, 5.41) is 8.13. The van der Waals surface area contributed by atoms with Crippen molar-refractivity contribution in [3.63, 3.8) is 0 Å². The smallest absolute Gasteiger partial charge is 0.247 e. The molecule has 0 spiro atoms. The Labute approximate surface area is 324 Å². The minimum atomic E-state index is -3.13. The molecule has 0 aliphatic carbocycles. The van der Waals surface area contributed by atoms with E-state index in [0.29, 0.717) is 48.8 Å². The van der Waals surface area contributed by atoms with Crippen molar-refractivity contribution in [3.05, 3.63) is 48.8 Å². The first-order valence-corrected chi connectivity index (χ1v) is 21.7. The lowest BCUT2D eigenvalue weighted by molar-refractivity contribution is -0.111. The number of rotatable bonds is 12. The number of fused-ring (bicyclic) bond motifs is 1. The molecule has 3 aromatic rings. The average molecular weight is 779 g/mol. The first-order valence-electron chi connectivity index (χ1n) is 19.7. The van der Waals surface area contributed by atoms with Gasteiger partial charge in [-0.25, -0.2) is 22.8 Å². The maximum Gasteiger partial charge on any atom is 0.247 e. The first kappa shape index (κ1) is 39.3. The minimum Gasteiger partial charge on any atom is -0.381 e. The lowest BCUT2D eigenvalue weighted by atomic mass is 9.88. The molecule has 298 valence electrons. The van der Waals surface area contributed by atoms with Crippen molar-refractivity contribution < 1.29 is 27.1 Å². The summed E-state index contributed by atoms with van der Waals surface area (Å²) in [6.45, 7) is 14.8. The number of piperidine rings is 2. The van der Waals surface area contributed by atoms with Gasteiger partial charge in [0.05, 0.1) is 24.5 Å². The number of alkyl halides is 1. The van der Waals surface area contributed by atoms with Gasteiger partial charge in [0.1, 0.15) is 27.6 Å². The number of halogens is 1. The van der Waals surface area contributed by atoms with Crippen LogP contribution in [0.1, 0.15) is 64.4 Å². The second-order valence-corrected chi connectivity index (χ2v) is 18.1. The van der Waals surface area contributed by atoms with Crippen LogP contribution in [0.4, 0.5) is 33.3 Å². The Bertz CT molecular complexity index is 1970. The van der Waals surface area contributed by atoms with E-state index in [9.17, 15) is 13.2 Å². The average Bonchev–Trinajstić information content (AvgIpc) is 3.16. The van der Waals surface area contributed by atoms with Crippen molar-refractivity contribution in [2.45, 2.75) is 89.3 Å².